The molecule has 0 unspecified atom stereocenters. The van der Waals surface area contributed by atoms with Crippen molar-refractivity contribution < 1.29 is 4.74 Å². The number of nitrogens with one attached hydrogen (secondary N) is 1. The molecule has 1 fully saturated rings. The zero-order chi connectivity index (χ0) is 21.4. The Kier molecular flexibility index (Phi) is 5.23. The van der Waals surface area contributed by atoms with Gasteiger partial charge < -0.3 is 10.1 Å². The highest BCUT2D eigenvalue weighted by molar-refractivity contribution is 7.11. The number of hydrogen-bond acceptors (Lipinski definition) is 7. The summed E-state index contributed by atoms with van der Waals surface area (Å²) in [5.74, 6) is 2.39. The third kappa shape index (κ3) is 4.64. The van der Waals surface area contributed by atoms with E-state index in [1.807, 2.05) is 32.9 Å². The van der Waals surface area contributed by atoms with Gasteiger partial charge >= 0.3 is 0 Å². The Balaban J connectivity index is 1.21. The first-order valence-corrected chi connectivity index (χ1v) is 11.2. The second-order valence-corrected chi connectivity index (χ2v) is 9.35. The van der Waals surface area contributed by atoms with Crippen molar-refractivity contribution >= 4 is 33.8 Å². The summed E-state index contributed by atoms with van der Waals surface area (Å²) in [6.45, 7) is 6.99. The molecule has 0 spiro atoms. The molecule has 3 aromatic rings. The van der Waals surface area contributed by atoms with Crippen molar-refractivity contribution in [2.75, 3.05) is 6.61 Å². The number of aryl methyl sites for hydroxylation is 1. The van der Waals surface area contributed by atoms with E-state index in [0.29, 0.717) is 30.8 Å². The van der Waals surface area contributed by atoms with Crippen LogP contribution in [-0.2, 0) is 11.3 Å². The molecule has 1 N–H and O–H groups in total. The Labute approximate surface area is 185 Å². The average molecular weight is 433 g/mol. The van der Waals surface area contributed by atoms with E-state index >= 15 is 0 Å². The van der Waals surface area contributed by atoms with E-state index in [2.05, 4.69) is 49.8 Å². The third-order valence-corrected chi connectivity index (χ3v) is 6.08. The molecule has 31 heavy (non-hydrogen) atoms. The molecule has 0 saturated heterocycles. The molecule has 1 aromatic carbocycles. The molecule has 1 aliphatic heterocycles. The van der Waals surface area contributed by atoms with Crippen LogP contribution < -0.4 is 5.32 Å². The number of para-hydroxylation sites is 1. The fourth-order valence-electron chi connectivity index (χ4n) is 3.55. The van der Waals surface area contributed by atoms with Gasteiger partial charge in [0.15, 0.2) is 5.84 Å². The molecule has 2 atom stereocenters. The predicted octanol–water partition coefficient (Wildman–Crippen LogP) is 4.37. The second kappa shape index (κ2) is 8.19. The smallest absolute Gasteiger partial charge is 0.220 e. The van der Waals surface area contributed by atoms with Gasteiger partial charge in [0.2, 0.25) is 5.88 Å². The fraction of sp³-hybridized carbons (Fsp3) is 0.348. The molecule has 5 rings (SSSR count). The summed E-state index contributed by atoms with van der Waals surface area (Å²) in [7, 11) is 0. The first-order chi connectivity index (χ1) is 15.1. The lowest BCUT2D eigenvalue weighted by molar-refractivity contribution is 0.205. The van der Waals surface area contributed by atoms with Crippen molar-refractivity contribution in [3.63, 3.8) is 0 Å². The standard InChI is InChI=1S/C23H24N6OS/c1-13(2)25-22(24-11-20-29-28-14(3)31-20)21-23(27-21)30-12-16-10-17(16)19-9-8-15-6-4-5-7-18(15)26-19/h4-9,16-17,27H,10-12H2,1-3H3/t16-,17+/m1/s1. The lowest BCUT2D eigenvalue weighted by Gasteiger charge is -2.03. The minimum absolute atomic E-state index is 0.467. The second-order valence-electron chi connectivity index (χ2n) is 8.08. The van der Waals surface area contributed by atoms with Gasteiger partial charge in [-0.25, -0.2) is 4.99 Å². The van der Waals surface area contributed by atoms with Crippen LogP contribution in [0.15, 0.2) is 58.0 Å². The van der Waals surface area contributed by atoms with Crippen LogP contribution in [0.4, 0.5) is 0 Å². The number of aromatic nitrogens is 3. The third-order valence-electron chi connectivity index (χ3n) is 5.25. The van der Waals surface area contributed by atoms with Crippen LogP contribution in [0.25, 0.3) is 10.9 Å². The number of pyridine rings is 1. The van der Waals surface area contributed by atoms with Crippen molar-refractivity contribution in [2.45, 2.75) is 39.7 Å². The van der Waals surface area contributed by atoms with Crippen LogP contribution in [0, 0.1) is 12.8 Å². The van der Waals surface area contributed by atoms with Crippen LogP contribution in [-0.4, -0.2) is 33.3 Å². The average Bonchev–Trinajstić information content (AvgIpc) is 3.66. The maximum Gasteiger partial charge on any atom is 0.220 e. The Morgan fingerprint density at radius 3 is 2.87 bits per heavy atom. The molecule has 2 aromatic heterocycles. The Morgan fingerprint density at radius 1 is 1.19 bits per heavy atom. The van der Waals surface area contributed by atoms with Gasteiger partial charge in [0, 0.05) is 28.6 Å². The van der Waals surface area contributed by atoms with E-state index in [1.165, 1.54) is 5.39 Å². The van der Waals surface area contributed by atoms with E-state index in [-0.39, 0.29) is 0 Å². The zero-order valence-electron chi connectivity index (χ0n) is 17.8. The minimum atomic E-state index is 0.467. The number of rotatable bonds is 7. The summed E-state index contributed by atoms with van der Waals surface area (Å²) in [5.41, 5.74) is 4.02. The fourth-order valence-corrected chi connectivity index (χ4v) is 4.18. The highest BCUT2D eigenvalue weighted by Crippen LogP contribution is 2.47. The van der Waals surface area contributed by atoms with Gasteiger partial charge in [0.05, 0.1) is 18.7 Å². The molecule has 3 heterocycles. The van der Waals surface area contributed by atoms with Crippen molar-refractivity contribution in [2.24, 2.45) is 15.9 Å². The van der Waals surface area contributed by atoms with Gasteiger partial charge in [-0.2, -0.15) is 0 Å². The van der Waals surface area contributed by atoms with E-state index in [4.69, 9.17) is 9.72 Å². The SMILES string of the molecule is CC(C)=NC(=NCc1nnc(C)s1)C1=C(OC[C@H]2C[C@@H]2c2ccc3ccccc3n2)N1. The highest BCUT2D eigenvalue weighted by Gasteiger charge is 2.41. The van der Waals surface area contributed by atoms with Crippen LogP contribution in [0.2, 0.25) is 0 Å². The lowest BCUT2D eigenvalue weighted by atomic mass is 10.1. The van der Waals surface area contributed by atoms with Crippen molar-refractivity contribution in [1.82, 2.24) is 20.5 Å². The van der Waals surface area contributed by atoms with E-state index < -0.39 is 0 Å². The molecule has 1 aliphatic carbocycles. The largest absolute Gasteiger partial charge is 0.477 e. The summed E-state index contributed by atoms with van der Waals surface area (Å²) in [4.78, 5) is 14.0. The van der Waals surface area contributed by atoms with Crippen LogP contribution in [0.3, 0.4) is 0 Å². The van der Waals surface area contributed by atoms with E-state index in [0.717, 1.165) is 44.9 Å². The van der Waals surface area contributed by atoms with Crippen molar-refractivity contribution in [1.29, 1.82) is 0 Å². The number of amidine groups is 1. The van der Waals surface area contributed by atoms with Crippen molar-refractivity contribution in [3.8, 4) is 0 Å². The van der Waals surface area contributed by atoms with Gasteiger partial charge in [0.25, 0.3) is 0 Å². The summed E-state index contributed by atoms with van der Waals surface area (Å²) in [6, 6.07) is 12.5. The summed E-state index contributed by atoms with van der Waals surface area (Å²) in [5, 5.41) is 14.4. The van der Waals surface area contributed by atoms with E-state index in [1.54, 1.807) is 11.3 Å². The topological polar surface area (TPSA) is 94.6 Å². The van der Waals surface area contributed by atoms with Gasteiger partial charge in [-0.3, -0.25) is 9.98 Å². The maximum absolute atomic E-state index is 6.01. The zero-order valence-corrected chi connectivity index (χ0v) is 18.6. The number of ether oxygens (including phenoxy) is 1. The molecule has 1 saturated carbocycles. The van der Waals surface area contributed by atoms with Gasteiger partial charge in [-0.1, -0.05) is 35.6 Å². The normalized spacial score (nSPS) is 19.9. The first-order valence-electron chi connectivity index (χ1n) is 10.4. The monoisotopic (exact) mass is 432 g/mol. The molecule has 2 aliphatic rings. The van der Waals surface area contributed by atoms with Crippen molar-refractivity contribution in [3.05, 3.63) is 63.7 Å². The molecule has 7 nitrogen and oxygen atoms in total. The van der Waals surface area contributed by atoms with Crippen LogP contribution in [0.1, 0.15) is 41.9 Å². The number of benzene rings is 1. The van der Waals surface area contributed by atoms with E-state index in [9.17, 15) is 0 Å². The highest BCUT2D eigenvalue weighted by atomic mass is 32.1. The Hall–Kier alpha value is -3.13. The Morgan fingerprint density at radius 2 is 2.06 bits per heavy atom. The number of fused-ring (bicyclic) bond motifs is 1. The minimum Gasteiger partial charge on any atom is -0.477 e. The first kappa shape index (κ1) is 19.8. The molecular formula is C23H24N6OS. The number of aliphatic imine (C=N–C) groups is 2. The number of hydrogen-bond donors (Lipinski definition) is 1. The molecule has 0 bridgehead atoms. The van der Waals surface area contributed by atoms with Gasteiger partial charge in [-0.05, 0) is 39.3 Å². The molecule has 8 heteroatoms. The van der Waals surface area contributed by atoms with Gasteiger partial charge in [-0.15, -0.1) is 10.2 Å². The predicted molar refractivity (Wildman–Crippen MR) is 123 cm³/mol. The number of nitrogens with zero attached hydrogens (tertiary/aromatic N) is 5. The van der Waals surface area contributed by atoms with Crippen LogP contribution >= 0.6 is 11.3 Å². The van der Waals surface area contributed by atoms with Gasteiger partial charge in [0.1, 0.15) is 15.7 Å². The summed E-state index contributed by atoms with van der Waals surface area (Å²) < 4.78 is 6.01. The maximum atomic E-state index is 6.01. The summed E-state index contributed by atoms with van der Waals surface area (Å²) in [6.07, 6.45) is 1.11. The molecule has 0 amide bonds. The summed E-state index contributed by atoms with van der Waals surface area (Å²) >= 11 is 1.55. The lowest BCUT2D eigenvalue weighted by Crippen LogP contribution is -2.01. The molecular weight excluding hydrogens is 408 g/mol. The van der Waals surface area contributed by atoms with Crippen LogP contribution in [0.5, 0.6) is 0 Å². The molecule has 0 radical (unpaired) electrons. The quantitative estimate of drug-likeness (QED) is 0.442. The Bertz CT molecular complexity index is 1220. The molecule has 158 valence electrons.